The molecule has 0 amide bonds. The van der Waals surface area contributed by atoms with Crippen LogP contribution in [0.2, 0.25) is 0 Å². The summed E-state index contributed by atoms with van der Waals surface area (Å²) in [5, 5.41) is 2.48. The molecule has 1 saturated heterocycles. The van der Waals surface area contributed by atoms with Gasteiger partial charge in [0, 0.05) is 18.8 Å². The highest BCUT2D eigenvalue weighted by Crippen LogP contribution is 2.25. The van der Waals surface area contributed by atoms with E-state index in [-0.39, 0.29) is 32.0 Å². The van der Waals surface area contributed by atoms with E-state index in [0.717, 1.165) is 12.1 Å². The van der Waals surface area contributed by atoms with E-state index >= 15 is 0 Å². The average Bonchev–Trinajstić information content (AvgIpc) is 2.48. The van der Waals surface area contributed by atoms with Crippen molar-refractivity contribution in [2.45, 2.75) is 5.51 Å². The van der Waals surface area contributed by atoms with Crippen LogP contribution in [0, 0.1) is 5.82 Å². The number of nitrogens with one attached hydrogen (secondary N) is 1. The van der Waals surface area contributed by atoms with Gasteiger partial charge in [0.25, 0.3) is 0 Å². The minimum absolute atomic E-state index is 0.167. The fourth-order valence-corrected chi connectivity index (χ4v) is 2.25. The summed E-state index contributed by atoms with van der Waals surface area (Å²) in [7, 11) is -5.71. The van der Waals surface area contributed by atoms with Crippen molar-refractivity contribution in [1.82, 2.24) is 4.90 Å². The average molecular weight is 355 g/mol. The summed E-state index contributed by atoms with van der Waals surface area (Å²) in [5.41, 5.74) is -5.30. The van der Waals surface area contributed by atoms with Crippen LogP contribution < -0.4 is 5.32 Å². The first-order chi connectivity index (χ1) is 10.7. The summed E-state index contributed by atoms with van der Waals surface area (Å²) in [6.07, 6.45) is 0. The number of nitrogens with zero attached hydrogens (tertiary/aromatic N) is 2. The molecule has 0 aliphatic carbocycles. The summed E-state index contributed by atoms with van der Waals surface area (Å²) in [6.45, 7) is 0.771. The van der Waals surface area contributed by atoms with Gasteiger partial charge in [-0.1, -0.05) is 0 Å². The van der Waals surface area contributed by atoms with Crippen molar-refractivity contribution >= 4 is 21.7 Å². The molecular formula is C12H13F4N3O3S. The molecule has 0 bridgehead atoms. The Hall–Kier alpha value is -1.88. The number of hydrogen-bond donors (Lipinski definition) is 1. The fraction of sp³-hybridized carbons (Fsp3) is 0.417. The molecule has 1 N–H and O–H groups in total. The molecule has 0 aromatic heterocycles. The SMILES string of the molecule is O=S(=O)(/N=C(/Nc1ccc(F)cc1)N1CCOCC1)C(F)(F)F. The quantitative estimate of drug-likeness (QED) is 0.497. The Labute approximate surface area is 129 Å². The van der Waals surface area contributed by atoms with Gasteiger partial charge in [-0.2, -0.15) is 21.6 Å². The zero-order valence-corrected chi connectivity index (χ0v) is 12.5. The van der Waals surface area contributed by atoms with Crippen molar-refractivity contribution in [2.24, 2.45) is 4.40 Å². The smallest absolute Gasteiger partial charge is 0.378 e. The molecule has 1 aromatic rings. The largest absolute Gasteiger partial charge is 0.518 e. The summed E-state index contributed by atoms with van der Waals surface area (Å²) >= 11 is 0. The molecule has 1 aliphatic heterocycles. The summed E-state index contributed by atoms with van der Waals surface area (Å²) in [5.74, 6) is -1.03. The highest BCUT2D eigenvalue weighted by Gasteiger charge is 2.46. The van der Waals surface area contributed by atoms with Crippen LogP contribution in [0.4, 0.5) is 23.2 Å². The number of sulfonamides is 1. The number of hydrogen-bond acceptors (Lipinski definition) is 3. The Bertz CT molecular complexity index is 668. The van der Waals surface area contributed by atoms with E-state index in [1.807, 2.05) is 0 Å². The minimum Gasteiger partial charge on any atom is -0.378 e. The second kappa shape index (κ2) is 6.71. The first-order valence-electron chi connectivity index (χ1n) is 6.45. The topological polar surface area (TPSA) is 71.0 Å². The Morgan fingerprint density at radius 2 is 1.74 bits per heavy atom. The molecule has 11 heteroatoms. The molecule has 1 aliphatic rings. The maximum atomic E-state index is 12.9. The van der Waals surface area contributed by atoms with Crippen LogP contribution in [-0.4, -0.2) is 51.1 Å². The summed E-state index contributed by atoms with van der Waals surface area (Å²) in [6, 6.07) is 4.67. The molecule has 2 rings (SSSR count). The number of ether oxygens (including phenoxy) is 1. The number of alkyl halides is 3. The maximum absolute atomic E-state index is 12.9. The monoisotopic (exact) mass is 355 g/mol. The highest BCUT2D eigenvalue weighted by atomic mass is 32.2. The van der Waals surface area contributed by atoms with Gasteiger partial charge in [0.15, 0.2) is 0 Å². The maximum Gasteiger partial charge on any atom is 0.518 e. The lowest BCUT2D eigenvalue weighted by Crippen LogP contribution is -2.45. The van der Waals surface area contributed by atoms with Gasteiger partial charge in [-0.05, 0) is 24.3 Å². The Morgan fingerprint density at radius 1 is 1.17 bits per heavy atom. The van der Waals surface area contributed by atoms with Crippen LogP contribution in [0.5, 0.6) is 0 Å². The number of halogens is 4. The van der Waals surface area contributed by atoms with Crippen LogP contribution >= 0.6 is 0 Å². The van der Waals surface area contributed by atoms with Gasteiger partial charge in [-0.25, -0.2) is 4.39 Å². The van der Waals surface area contributed by atoms with E-state index in [2.05, 4.69) is 9.71 Å². The molecule has 23 heavy (non-hydrogen) atoms. The normalized spacial score (nSPS) is 17.2. The predicted molar refractivity (Wildman–Crippen MR) is 74.8 cm³/mol. The standard InChI is InChI=1S/C12H13F4N3O3S/c13-9-1-3-10(4-2-9)17-11(19-5-7-22-8-6-19)18-23(20,21)12(14,15)16/h1-4H,5-8H2,(H,17,18). The van der Waals surface area contributed by atoms with E-state index in [1.165, 1.54) is 17.0 Å². The number of morpholine rings is 1. The molecule has 1 aromatic carbocycles. The molecule has 0 unspecified atom stereocenters. The number of benzene rings is 1. The van der Waals surface area contributed by atoms with Gasteiger partial charge in [-0.3, -0.25) is 0 Å². The highest BCUT2D eigenvalue weighted by molar-refractivity contribution is 7.91. The van der Waals surface area contributed by atoms with Crippen molar-refractivity contribution in [3.8, 4) is 0 Å². The van der Waals surface area contributed by atoms with Crippen LogP contribution in [-0.2, 0) is 14.8 Å². The molecule has 0 saturated carbocycles. The molecular weight excluding hydrogens is 342 g/mol. The molecule has 0 atom stereocenters. The predicted octanol–water partition coefficient (Wildman–Crippen LogP) is 1.78. The number of anilines is 1. The molecule has 1 heterocycles. The molecule has 0 radical (unpaired) electrons. The van der Waals surface area contributed by atoms with E-state index < -0.39 is 27.3 Å². The summed E-state index contributed by atoms with van der Waals surface area (Å²) < 4.78 is 81.0. The number of rotatable bonds is 2. The zero-order chi connectivity index (χ0) is 17.1. The lowest BCUT2D eigenvalue weighted by Gasteiger charge is -2.30. The third-order valence-electron chi connectivity index (χ3n) is 2.91. The second-order valence-corrected chi connectivity index (χ2v) is 6.16. The van der Waals surface area contributed by atoms with Gasteiger partial charge in [0.05, 0.1) is 13.2 Å². The zero-order valence-electron chi connectivity index (χ0n) is 11.7. The van der Waals surface area contributed by atoms with E-state index in [1.54, 1.807) is 0 Å². The van der Waals surface area contributed by atoms with Gasteiger partial charge in [0.1, 0.15) is 5.82 Å². The first-order valence-corrected chi connectivity index (χ1v) is 7.89. The second-order valence-electron chi connectivity index (χ2n) is 4.57. The Balaban J connectivity index is 2.33. The first kappa shape index (κ1) is 17.5. The molecule has 1 fully saturated rings. The third kappa shape index (κ3) is 4.55. The van der Waals surface area contributed by atoms with Gasteiger partial charge in [0.2, 0.25) is 5.96 Å². The minimum atomic E-state index is -5.71. The third-order valence-corrected chi connectivity index (χ3v) is 3.91. The van der Waals surface area contributed by atoms with Crippen LogP contribution in [0.3, 0.4) is 0 Å². The van der Waals surface area contributed by atoms with Crippen LogP contribution in [0.1, 0.15) is 0 Å². The van der Waals surface area contributed by atoms with Crippen molar-refractivity contribution in [3.05, 3.63) is 30.1 Å². The van der Waals surface area contributed by atoms with Crippen LogP contribution in [0.25, 0.3) is 0 Å². The van der Waals surface area contributed by atoms with Crippen LogP contribution in [0.15, 0.2) is 28.7 Å². The van der Waals surface area contributed by atoms with E-state index in [9.17, 15) is 26.0 Å². The Kier molecular flexibility index (Phi) is 5.09. The lowest BCUT2D eigenvalue weighted by atomic mass is 10.3. The van der Waals surface area contributed by atoms with Crippen molar-refractivity contribution in [3.63, 3.8) is 0 Å². The van der Waals surface area contributed by atoms with Crippen molar-refractivity contribution in [2.75, 3.05) is 31.6 Å². The lowest BCUT2D eigenvalue weighted by molar-refractivity contribution is -0.0435. The van der Waals surface area contributed by atoms with Gasteiger partial charge < -0.3 is 15.0 Å². The van der Waals surface area contributed by atoms with Crippen molar-refractivity contribution < 1.29 is 30.7 Å². The van der Waals surface area contributed by atoms with E-state index in [0.29, 0.717) is 0 Å². The molecule has 6 nitrogen and oxygen atoms in total. The van der Waals surface area contributed by atoms with Gasteiger partial charge in [-0.15, -0.1) is 4.40 Å². The number of guanidine groups is 1. The summed E-state index contributed by atoms with van der Waals surface area (Å²) in [4.78, 5) is 1.32. The molecule has 0 spiro atoms. The van der Waals surface area contributed by atoms with E-state index in [4.69, 9.17) is 4.74 Å². The van der Waals surface area contributed by atoms with Gasteiger partial charge >= 0.3 is 15.5 Å². The fourth-order valence-electron chi connectivity index (χ4n) is 1.76. The van der Waals surface area contributed by atoms with Crippen molar-refractivity contribution in [1.29, 1.82) is 0 Å². The Morgan fingerprint density at radius 3 is 2.26 bits per heavy atom. The molecule has 128 valence electrons.